The van der Waals surface area contributed by atoms with E-state index in [1.807, 2.05) is 0 Å². The minimum absolute atomic E-state index is 0.00910. The van der Waals surface area contributed by atoms with Crippen molar-refractivity contribution in [3.8, 4) is 0 Å². The van der Waals surface area contributed by atoms with Crippen molar-refractivity contribution in [2.45, 2.75) is 12.8 Å². The van der Waals surface area contributed by atoms with Gasteiger partial charge in [0.25, 0.3) is 5.91 Å². The van der Waals surface area contributed by atoms with Crippen molar-refractivity contribution in [2.24, 2.45) is 5.92 Å². The summed E-state index contributed by atoms with van der Waals surface area (Å²) in [6, 6.07) is 3.95. The Morgan fingerprint density at radius 2 is 2.39 bits per heavy atom. The number of hydrogen-bond acceptors (Lipinski definition) is 2. The van der Waals surface area contributed by atoms with Crippen LogP contribution in [0.25, 0.3) is 0 Å². The lowest BCUT2D eigenvalue weighted by Crippen LogP contribution is -2.26. The molecule has 0 aliphatic carbocycles. The standard InChI is InChI=1S/C13H15ClFNO2/c14-10-1-2-12(15)11(7-10)13(17)16-5-3-9-4-6-18-8-9/h1-2,7,9H,3-6,8H2,(H,16,17). The van der Waals surface area contributed by atoms with Crippen LogP contribution in [0.5, 0.6) is 0 Å². The molecule has 1 N–H and O–H groups in total. The minimum Gasteiger partial charge on any atom is -0.381 e. The molecule has 3 nitrogen and oxygen atoms in total. The van der Waals surface area contributed by atoms with Gasteiger partial charge in [-0.2, -0.15) is 0 Å². The zero-order chi connectivity index (χ0) is 13.0. The molecule has 1 unspecified atom stereocenters. The van der Waals surface area contributed by atoms with Gasteiger partial charge in [-0.15, -0.1) is 0 Å². The Morgan fingerprint density at radius 3 is 3.11 bits per heavy atom. The van der Waals surface area contributed by atoms with Gasteiger partial charge in [0.2, 0.25) is 0 Å². The summed E-state index contributed by atoms with van der Waals surface area (Å²) in [6.45, 7) is 2.07. The molecule has 0 radical (unpaired) electrons. The van der Waals surface area contributed by atoms with Crippen molar-refractivity contribution in [3.05, 3.63) is 34.6 Å². The first kappa shape index (κ1) is 13.3. The fraction of sp³-hybridized carbons (Fsp3) is 0.462. The Morgan fingerprint density at radius 1 is 1.56 bits per heavy atom. The lowest BCUT2D eigenvalue weighted by molar-refractivity contribution is 0.0946. The summed E-state index contributed by atoms with van der Waals surface area (Å²) >= 11 is 5.74. The van der Waals surface area contributed by atoms with E-state index in [2.05, 4.69) is 5.32 Å². The van der Waals surface area contributed by atoms with Crippen LogP contribution in [-0.4, -0.2) is 25.7 Å². The van der Waals surface area contributed by atoms with Crippen LogP contribution in [0.15, 0.2) is 18.2 Å². The zero-order valence-corrected chi connectivity index (χ0v) is 10.7. The molecule has 5 heteroatoms. The number of halogens is 2. The third-order valence-corrected chi connectivity index (χ3v) is 3.27. The Balaban J connectivity index is 1.85. The number of amides is 1. The van der Waals surface area contributed by atoms with E-state index < -0.39 is 11.7 Å². The number of hydrogen-bond donors (Lipinski definition) is 1. The van der Waals surface area contributed by atoms with Crippen molar-refractivity contribution >= 4 is 17.5 Å². The Labute approximate surface area is 110 Å². The molecule has 1 fully saturated rings. The van der Waals surface area contributed by atoms with Crippen molar-refractivity contribution in [1.29, 1.82) is 0 Å². The summed E-state index contributed by atoms with van der Waals surface area (Å²) in [7, 11) is 0. The Bertz CT molecular complexity index is 433. The van der Waals surface area contributed by atoms with E-state index in [1.54, 1.807) is 0 Å². The first-order chi connectivity index (χ1) is 8.66. The van der Waals surface area contributed by atoms with Crippen molar-refractivity contribution in [3.63, 3.8) is 0 Å². The summed E-state index contributed by atoms with van der Waals surface area (Å²) in [6.07, 6.45) is 1.88. The fourth-order valence-electron chi connectivity index (χ4n) is 1.97. The highest BCUT2D eigenvalue weighted by molar-refractivity contribution is 6.30. The molecule has 1 aliphatic heterocycles. The van der Waals surface area contributed by atoms with Crippen LogP contribution in [0.3, 0.4) is 0 Å². The maximum atomic E-state index is 13.4. The monoisotopic (exact) mass is 271 g/mol. The van der Waals surface area contributed by atoms with Gasteiger partial charge in [0.15, 0.2) is 0 Å². The quantitative estimate of drug-likeness (QED) is 0.914. The van der Waals surface area contributed by atoms with Crippen molar-refractivity contribution < 1.29 is 13.9 Å². The average Bonchev–Trinajstić information content (AvgIpc) is 2.85. The number of nitrogens with one attached hydrogen (secondary N) is 1. The lowest BCUT2D eigenvalue weighted by atomic mass is 10.1. The topological polar surface area (TPSA) is 38.3 Å². The molecular formula is C13H15ClFNO2. The second kappa shape index (κ2) is 6.16. The second-order valence-electron chi connectivity index (χ2n) is 4.40. The third kappa shape index (κ3) is 3.43. The van der Waals surface area contributed by atoms with Gasteiger partial charge in [0.05, 0.1) is 5.56 Å². The van der Waals surface area contributed by atoms with E-state index in [0.29, 0.717) is 17.5 Å². The molecule has 1 saturated heterocycles. The van der Waals surface area contributed by atoms with Crippen LogP contribution in [0.4, 0.5) is 4.39 Å². The predicted octanol–water partition coefficient (Wildman–Crippen LogP) is 2.64. The molecule has 0 spiro atoms. The zero-order valence-electron chi connectivity index (χ0n) is 9.92. The average molecular weight is 272 g/mol. The van der Waals surface area contributed by atoms with Crippen LogP contribution >= 0.6 is 11.6 Å². The van der Waals surface area contributed by atoms with Gasteiger partial charge in [-0.25, -0.2) is 4.39 Å². The number of carbonyl (C=O) groups is 1. The van der Waals surface area contributed by atoms with E-state index in [9.17, 15) is 9.18 Å². The molecule has 1 aliphatic rings. The smallest absolute Gasteiger partial charge is 0.254 e. The SMILES string of the molecule is O=C(NCCC1CCOC1)c1cc(Cl)ccc1F. The number of benzene rings is 1. The van der Waals surface area contributed by atoms with Crippen LogP contribution < -0.4 is 5.32 Å². The van der Waals surface area contributed by atoms with Gasteiger partial charge in [-0.3, -0.25) is 4.79 Å². The summed E-state index contributed by atoms with van der Waals surface area (Å²) < 4.78 is 18.7. The van der Waals surface area contributed by atoms with E-state index >= 15 is 0 Å². The van der Waals surface area contributed by atoms with Gasteiger partial charge < -0.3 is 10.1 Å². The second-order valence-corrected chi connectivity index (χ2v) is 4.83. The third-order valence-electron chi connectivity index (χ3n) is 3.04. The van der Waals surface area contributed by atoms with E-state index in [-0.39, 0.29) is 5.56 Å². The molecule has 18 heavy (non-hydrogen) atoms. The largest absolute Gasteiger partial charge is 0.381 e. The molecule has 0 bridgehead atoms. The molecule has 1 aromatic carbocycles. The number of rotatable bonds is 4. The fourth-order valence-corrected chi connectivity index (χ4v) is 2.14. The molecule has 1 aromatic rings. The molecule has 1 atom stereocenters. The first-order valence-corrected chi connectivity index (χ1v) is 6.35. The van der Waals surface area contributed by atoms with Crippen molar-refractivity contribution in [1.82, 2.24) is 5.32 Å². The highest BCUT2D eigenvalue weighted by Crippen LogP contribution is 2.16. The van der Waals surface area contributed by atoms with Crippen LogP contribution in [0.1, 0.15) is 23.2 Å². The molecule has 0 saturated carbocycles. The molecule has 1 amide bonds. The summed E-state index contributed by atoms with van der Waals surface area (Å²) in [5.74, 6) is -0.482. The molecular weight excluding hydrogens is 257 g/mol. The van der Waals surface area contributed by atoms with Gasteiger partial charge >= 0.3 is 0 Å². The Kier molecular flexibility index (Phi) is 4.55. The normalized spacial score (nSPS) is 18.9. The van der Waals surface area contributed by atoms with Crippen LogP contribution in [-0.2, 0) is 4.74 Å². The summed E-state index contributed by atoms with van der Waals surface area (Å²) in [5, 5.41) is 3.05. The maximum absolute atomic E-state index is 13.4. The van der Waals surface area contributed by atoms with Crippen LogP contribution in [0.2, 0.25) is 5.02 Å². The van der Waals surface area contributed by atoms with E-state index in [0.717, 1.165) is 26.1 Å². The minimum atomic E-state index is -0.555. The van der Waals surface area contributed by atoms with Gasteiger partial charge in [0, 0.05) is 24.8 Å². The van der Waals surface area contributed by atoms with Crippen LogP contribution in [0, 0.1) is 11.7 Å². The maximum Gasteiger partial charge on any atom is 0.254 e. The number of carbonyl (C=O) groups excluding carboxylic acids is 1. The van der Waals surface area contributed by atoms with Gasteiger partial charge in [-0.1, -0.05) is 11.6 Å². The molecule has 2 rings (SSSR count). The lowest BCUT2D eigenvalue weighted by Gasteiger charge is -2.09. The van der Waals surface area contributed by atoms with E-state index in [1.165, 1.54) is 18.2 Å². The van der Waals surface area contributed by atoms with Gasteiger partial charge in [0.1, 0.15) is 5.82 Å². The van der Waals surface area contributed by atoms with Gasteiger partial charge in [-0.05, 0) is 37.0 Å². The highest BCUT2D eigenvalue weighted by Gasteiger charge is 2.16. The summed E-state index contributed by atoms with van der Waals surface area (Å²) in [5.41, 5.74) is -0.00910. The van der Waals surface area contributed by atoms with Crippen molar-refractivity contribution in [2.75, 3.05) is 19.8 Å². The summed E-state index contributed by atoms with van der Waals surface area (Å²) in [4.78, 5) is 11.8. The van der Waals surface area contributed by atoms with E-state index in [4.69, 9.17) is 16.3 Å². The predicted molar refractivity (Wildman–Crippen MR) is 67.3 cm³/mol. The molecule has 1 heterocycles. The highest BCUT2D eigenvalue weighted by atomic mass is 35.5. The Hall–Kier alpha value is -1.13. The first-order valence-electron chi connectivity index (χ1n) is 5.98. The molecule has 98 valence electrons. The molecule has 0 aromatic heterocycles. The number of ether oxygens (including phenoxy) is 1.